The molecule has 6 heteroatoms. The number of ether oxygens (including phenoxy) is 2. The van der Waals surface area contributed by atoms with Crippen LogP contribution >= 0.6 is 0 Å². The largest absolute Gasteiger partial charge is 0.467 e. The number of carbonyl (C=O) groups is 2. The van der Waals surface area contributed by atoms with Gasteiger partial charge in [-0.3, -0.25) is 0 Å². The molecule has 2 atom stereocenters. The van der Waals surface area contributed by atoms with Crippen LogP contribution in [-0.2, 0) is 14.3 Å². The molecule has 0 aromatic heterocycles. The van der Waals surface area contributed by atoms with E-state index in [-0.39, 0.29) is 5.92 Å². The number of hydrogen-bond acceptors (Lipinski definition) is 5. The molecule has 0 radical (unpaired) electrons. The summed E-state index contributed by atoms with van der Waals surface area (Å²) < 4.78 is 10.0. The Hall–Kier alpha value is -2.24. The average Bonchev–Trinajstić information content (AvgIpc) is 2.87. The number of rotatable bonds is 4. The van der Waals surface area contributed by atoms with Gasteiger partial charge < -0.3 is 20.1 Å². The summed E-state index contributed by atoms with van der Waals surface area (Å²) in [6.07, 6.45) is -0.164. The van der Waals surface area contributed by atoms with E-state index in [0.717, 1.165) is 17.8 Å². The molecule has 1 amide bonds. The van der Waals surface area contributed by atoms with Gasteiger partial charge in [-0.15, -0.1) is 0 Å². The van der Waals surface area contributed by atoms with Crippen LogP contribution in [0.15, 0.2) is 24.3 Å². The van der Waals surface area contributed by atoms with Crippen LogP contribution in [0.2, 0.25) is 0 Å². The van der Waals surface area contributed by atoms with Crippen molar-refractivity contribution in [2.75, 3.05) is 19.0 Å². The van der Waals surface area contributed by atoms with E-state index in [1.165, 1.54) is 7.11 Å². The van der Waals surface area contributed by atoms with Crippen LogP contribution in [0.25, 0.3) is 0 Å². The van der Waals surface area contributed by atoms with Gasteiger partial charge in [0, 0.05) is 18.2 Å². The molecule has 2 rings (SSSR count). The minimum absolute atomic E-state index is 0.130. The van der Waals surface area contributed by atoms with E-state index < -0.39 is 23.7 Å². The fourth-order valence-corrected chi connectivity index (χ4v) is 2.66. The Morgan fingerprint density at radius 2 is 2.04 bits per heavy atom. The van der Waals surface area contributed by atoms with Crippen molar-refractivity contribution in [3.05, 3.63) is 29.8 Å². The van der Waals surface area contributed by atoms with Crippen molar-refractivity contribution >= 4 is 17.7 Å². The molecule has 1 aliphatic heterocycles. The molecular weight excluding hydrogens is 296 g/mol. The highest BCUT2D eigenvalue weighted by Crippen LogP contribution is 2.34. The SMILES string of the molecule is COC(=O)C(CC1CNc2ccccc21)NC(=O)OC(C)(C)C. The van der Waals surface area contributed by atoms with Crippen LogP contribution < -0.4 is 10.6 Å². The van der Waals surface area contributed by atoms with E-state index in [1.54, 1.807) is 20.8 Å². The van der Waals surface area contributed by atoms with Gasteiger partial charge in [0.25, 0.3) is 0 Å². The van der Waals surface area contributed by atoms with E-state index >= 15 is 0 Å². The van der Waals surface area contributed by atoms with Crippen LogP contribution in [0.4, 0.5) is 10.5 Å². The van der Waals surface area contributed by atoms with E-state index in [2.05, 4.69) is 10.6 Å². The third-order valence-corrected chi connectivity index (χ3v) is 3.64. The van der Waals surface area contributed by atoms with Crippen LogP contribution in [0.5, 0.6) is 0 Å². The van der Waals surface area contributed by atoms with Gasteiger partial charge in [-0.2, -0.15) is 0 Å². The predicted octanol–water partition coefficient (Wildman–Crippen LogP) is 2.65. The Bertz CT molecular complexity index is 580. The molecule has 2 unspecified atom stereocenters. The lowest BCUT2D eigenvalue weighted by atomic mass is 9.94. The van der Waals surface area contributed by atoms with Gasteiger partial charge in [0.05, 0.1) is 7.11 Å². The molecule has 1 heterocycles. The van der Waals surface area contributed by atoms with E-state index in [1.807, 2.05) is 24.3 Å². The van der Waals surface area contributed by atoms with Crippen molar-refractivity contribution in [1.82, 2.24) is 5.32 Å². The molecule has 0 bridgehead atoms. The quantitative estimate of drug-likeness (QED) is 0.834. The summed E-state index contributed by atoms with van der Waals surface area (Å²) in [5.74, 6) is -0.342. The second kappa shape index (κ2) is 6.89. The maximum absolute atomic E-state index is 12.0. The Labute approximate surface area is 136 Å². The summed E-state index contributed by atoms with van der Waals surface area (Å²) in [7, 11) is 1.31. The van der Waals surface area contributed by atoms with Crippen molar-refractivity contribution < 1.29 is 19.1 Å². The lowest BCUT2D eigenvalue weighted by molar-refractivity contribution is -0.143. The number of alkyl carbamates (subject to hydrolysis) is 1. The Kier molecular flexibility index (Phi) is 5.13. The second-order valence-corrected chi connectivity index (χ2v) is 6.62. The smallest absolute Gasteiger partial charge is 0.408 e. The summed E-state index contributed by atoms with van der Waals surface area (Å²) in [6.45, 7) is 6.05. The highest BCUT2D eigenvalue weighted by Gasteiger charge is 2.31. The lowest BCUT2D eigenvalue weighted by Gasteiger charge is -2.24. The monoisotopic (exact) mass is 320 g/mol. The first-order valence-electron chi connectivity index (χ1n) is 7.70. The number of hydrogen-bond donors (Lipinski definition) is 2. The van der Waals surface area contributed by atoms with Crippen LogP contribution in [0, 0.1) is 0 Å². The van der Waals surface area contributed by atoms with Crippen molar-refractivity contribution in [3.63, 3.8) is 0 Å². The molecule has 2 N–H and O–H groups in total. The first-order valence-corrected chi connectivity index (χ1v) is 7.70. The minimum Gasteiger partial charge on any atom is -0.467 e. The van der Waals surface area contributed by atoms with Gasteiger partial charge in [-0.1, -0.05) is 18.2 Å². The molecule has 1 aromatic carbocycles. The van der Waals surface area contributed by atoms with Crippen molar-refractivity contribution in [2.45, 2.75) is 44.8 Å². The molecule has 0 saturated carbocycles. The molecule has 0 saturated heterocycles. The number of fused-ring (bicyclic) bond motifs is 1. The molecule has 1 aliphatic rings. The molecule has 0 fully saturated rings. The van der Waals surface area contributed by atoms with Gasteiger partial charge in [0.15, 0.2) is 0 Å². The maximum Gasteiger partial charge on any atom is 0.408 e. The van der Waals surface area contributed by atoms with Gasteiger partial charge >= 0.3 is 12.1 Å². The van der Waals surface area contributed by atoms with Crippen LogP contribution in [0.3, 0.4) is 0 Å². The fourth-order valence-electron chi connectivity index (χ4n) is 2.66. The molecule has 0 spiro atoms. The number of methoxy groups -OCH3 is 1. The molecule has 0 aliphatic carbocycles. The molecule has 23 heavy (non-hydrogen) atoms. The van der Waals surface area contributed by atoms with Gasteiger partial charge in [0.2, 0.25) is 0 Å². The van der Waals surface area contributed by atoms with Crippen LogP contribution in [-0.4, -0.2) is 37.4 Å². The number of carbonyl (C=O) groups excluding carboxylic acids is 2. The lowest BCUT2D eigenvalue weighted by Crippen LogP contribution is -2.44. The highest BCUT2D eigenvalue weighted by atomic mass is 16.6. The van der Waals surface area contributed by atoms with E-state index in [9.17, 15) is 9.59 Å². The van der Waals surface area contributed by atoms with Crippen LogP contribution in [0.1, 0.15) is 38.7 Å². The van der Waals surface area contributed by atoms with Crippen molar-refractivity contribution in [1.29, 1.82) is 0 Å². The molecule has 1 aromatic rings. The normalized spacial score (nSPS) is 17.7. The minimum atomic E-state index is -0.743. The zero-order chi connectivity index (χ0) is 17.0. The average molecular weight is 320 g/mol. The summed E-state index contributed by atoms with van der Waals surface area (Å²) in [5, 5.41) is 5.93. The summed E-state index contributed by atoms with van der Waals surface area (Å²) >= 11 is 0. The Morgan fingerprint density at radius 3 is 2.70 bits per heavy atom. The molecule has 126 valence electrons. The summed E-state index contributed by atoms with van der Waals surface area (Å²) in [5.41, 5.74) is 1.59. The second-order valence-electron chi connectivity index (χ2n) is 6.62. The number of nitrogens with one attached hydrogen (secondary N) is 2. The van der Waals surface area contributed by atoms with Crippen molar-refractivity contribution in [3.8, 4) is 0 Å². The first kappa shape index (κ1) is 17.1. The predicted molar refractivity (Wildman–Crippen MR) is 87.5 cm³/mol. The number of esters is 1. The summed E-state index contributed by atoms with van der Waals surface area (Å²) in [6, 6.07) is 7.22. The van der Waals surface area contributed by atoms with Gasteiger partial charge in [-0.05, 0) is 38.8 Å². The third kappa shape index (κ3) is 4.61. The number of benzene rings is 1. The van der Waals surface area contributed by atoms with E-state index in [4.69, 9.17) is 9.47 Å². The third-order valence-electron chi connectivity index (χ3n) is 3.64. The zero-order valence-electron chi connectivity index (χ0n) is 14.0. The number of amides is 1. The highest BCUT2D eigenvalue weighted by molar-refractivity contribution is 5.81. The Balaban J connectivity index is 2.05. The number of para-hydroxylation sites is 1. The van der Waals surface area contributed by atoms with Gasteiger partial charge in [0.1, 0.15) is 11.6 Å². The maximum atomic E-state index is 12.0. The zero-order valence-corrected chi connectivity index (χ0v) is 14.0. The fraction of sp³-hybridized carbons (Fsp3) is 0.529. The first-order chi connectivity index (χ1) is 10.8. The van der Waals surface area contributed by atoms with E-state index in [0.29, 0.717) is 6.42 Å². The van der Waals surface area contributed by atoms with Gasteiger partial charge in [-0.25, -0.2) is 9.59 Å². The summed E-state index contributed by atoms with van der Waals surface area (Å²) in [4.78, 5) is 24.0. The Morgan fingerprint density at radius 1 is 1.35 bits per heavy atom. The number of anilines is 1. The standard InChI is InChI=1S/C17H24N2O4/c1-17(2,3)23-16(21)19-14(15(20)22-4)9-11-10-18-13-8-6-5-7-12(11)13/h5-8,11,14,18H,9-10H2,1-4H3,(H,19,21). The topological polar surface area (TPSA) is 76.7 Å². The van der Waals surface area contributed by atoms with Crippen molar-refractivity contribution in [2.24, 2.45) is 0 Å². The molecular formula is C17H24N2O4. The molecule has 6 nitrogen and oxygen atoms in total.